The maximum absolute atomic E-state index is 12.4. The van der Waals surface area contributed by atoms with E-state index in [2.05, 4.69) is 25.5 Å². The quantitative estimate of drug-likeness (QED) is 0.931. The van der Waals surface area contributed by atoms with Crippen LogP contribution < -0.4 is 5.32 Å². The highest BCUT2D eigenvalue weighted by Gasteiger charge is 2.29. The van der Waals surface area contributed by atoms with Crippen LogP contribution in [0.5, 0.6) is 0 Å². The van der Waals surface area contributed by atoms with Gasteiger partial charge in [0.2, 0.25) is 5.95 Å². The van der Waals surface area contributed by atoms with Gasteiger partial charge in [-0.25, -0.2) is 4.98 Å². The van der Waals surface area contributed by atoms with Gasteiger partial charge in [0.05, 0.1) is 17.1 Å². The predicted octanol–water partition coefficient (Wildman–Crippen LogP) is 1.89. The average molecular weight is 286 g/mol. The first-order valence-corrected chi connectivity index (χ1v) is 7.02. The molecule has 21 heavy (non-hydrogen) atoms. The number of hydrogen-bond acceptors (Lipinski definition) is 5. The van der Waals surface area contributed by atoms with E-state index in [0.29, 0.717) is 23.4 Å². The largest absolute Gasteiger partial charge is 0.294 e. The molecule has 0 aromatic carbocycles. The summed E-state index contributed by atoms with van der Waals surface area (Å²) >= 11 is 0. The molecule has 1 N–H and O–H groups in total. The van der Waals surface area contributed by atoms with Crippen LogP contribution in [0.2, 0.25) is 0 Å². The number of rotatable bonds is 3. The Morgan fingerprint density at radius 3 is 2.38 bits per heavy atom. The highest BCUT2D eigenvalue weighted by atomic mass is 16.2. The zero-order valence-corrected chi connectivity index (χ0v) is 12.6. The van der Waals surface area contributed by atoms with Crippen LogP contribution in [0.1, 0.15) is 52.3 Å². The molecule has 0 radical (unpaired) electrons. The molecular weight excluding hydrogens is 268 g/mol. The Labute approximate surface area is 122 Å². The van der Waals surface area contributed by atoms with E-state index >= 15 is 0 Å². The van der Waals surface area contributed by atoms with Gasteiger partial charge in [0, 0.05) is 6.04 Å². The number of carbonyl (C=O) groups is 1. The van der Waals surface area contributed by atoms with Gasteiger partial charge in [-0.2, -0.15) is 0 Å². The lowest BCUT2D eigenvalue weighted by Gasteiger charge is -2.10. The first kappa shape index (κ1) is 13.7. The summed E-state index contributed by atoms with van der Waals surface area (Å²) in [4.78, 5) is 21.1. The van der Waals surface area contributed by atoms with Crippen LogP contribution in [-0.4, -0.2) is 30.6 Å². The fourth-order valence-electron chi connectivity index (χ4n) is 2.32. The molecule has 0 unspecified atom stereocenters. The molecule has 0 bridgehead atoms. The van der Waals surface area contributed by atoms with Crippen molar-refractivity contribution >= 4 is 11.9 Å². The molecule has 1 amide bonds. The second-order valence-electron chi connectivity index (χ2n) is 5.45. The molecule has 2 heterocycles. The van der Waals surface area contributed by atoms with Gasteiger partial charge in [-0.15, -0.1) is 10.2 Å². The molecule has 7 nitrogen and oxygen atoms in total. The fourth-order valence-corrected chi connectivity index (χ4v) is 2.32. The summed E-state index contributed by atoms with van der Waals surface area (Å²) in [7, 11) is 0. The Morgan fingerprint density at radius 2 is 1.71 bits per heavy atom. The van der Waals surface area contributed by atoms with E-state index < -0.39 is 0 Å². The highest BCUT2D eigenvalue weighted by Crippen LogP contribution is 2.37. The van der Waals surface area contributed by atoms with E-state index in [1.807, 2.05) is 25.3 Å². The van der Waals surface area contributed by atoms with Crippen LogP contribution in [0, 0.1) is 27.7 Å². The molecular formula is C14H18N6O. The van der Waals surface area contributed by atoms with Crippen LogP contribution >= 0.6 is 0 Å². The number of amides is 1. The lowest BCUT2D eigenvalue weighted by Crippen LogP contribution is -2.20. The number of aryl methyl sites for hydroxylation is 4. The van der Waals surface area contributed by atoms with Crippen molar-refractivity contribution in [3.05, 3.63) is 28.6 Å². The molecule has 7 heteroatoms. The summed E-state index contributed by atoms with van der Waals surface area (Å²) in [5.74, 6) is 1.01. The molecule has 0 aliphatic heterocycles. The monoisotopic (exact) mass is 286 g/mol. The van der Waals surface area contributed by atoms with Crippen LogP contribution in [0.3, 0.4) is 0 Å². The lowest BCUT2D eigenvalue weighted by molar-refractivity contribution is 0.101. The molecule has 2 aromatic heterocycles. The van der Waals surface area contributed by atoms with Gasteiger partial charge in [0.25, 0.3) is 5.91 Å². The average Bonchev–Trinajstić information content (AvgIpc) is 3.19. The molecule has 1 fully saturated rings. The first-order valence-electron chi connectivity index (χ1n) is 7.02. The molecule has 1 saturated carbocycles. The van der Waals surface area contributed by atoms with E-state index in [1.165, 1.54) is 0 Å². The zero-order valence-electron chi connectivity index (χ0n) is 12.6. The zero-order chi connectivity index (χ0) is 15.1. The summed E-state index contributed by atoms with van der Waals surface area (Å²) in [5.41, 5.74) is 2.54. The Hall–Kier alpha value is -2.31. The number of carbonyl (C=O) groups excluding carboxylic acids is 1. The van der Waals surface area contributed by atoms with Crippen LogP contribution in [-0.2, 0) is 0 Å². The minimum absolute atomic E-state index is 0.294. The first-order chi connectivity index (χ1) is 9.97. The number of hydrogen-bond donors (Lipinski definition) is 1. The third-order valence-electron chi connectivity index (χ3n) is 3.70. The van der Waals surface area contributed by atoms with Crippen molar-refractivity contribution < 1.29 is 4.79 Å². The van der Waals surface area contributed by atoms with Crippen molar-refractivity contribution in [2.24, 2.45) is 0 Å². The third kappa shape index (κ3) is 2.51. The van der Waals surface area contributed by atoms with Crippen molar-refractivity contribution in [3.8, 4) is 0 Å². The van der Waals surface area contributed by atoms with E-state index in [0.717, 1.165) is 30.1 Å². The third-order valence-corrected chi connectivity index (χ3v) is 3.70. The molecule has 110 valence electrons. The van der Waals surface area contributed by atoms with Gasteiger partial charge in [-0.1, -0.05) is 0 Å². The Bertz CT molecular complexity index is 716. The summed E-state index contributed by atoms with van der Waals surface area (Å²) in [6, 6.07) is 0.405. The Balaban J connectivity index is 1.89. The summed E-state index contributed by atoms with van der Waals surface area (Å²) in [6.07, 6.45) is 2.20. The van der Waals surface area contributed by atoms with Crippen LogP contribution in [0.25, 0.3) is 0 Å². The van der Waals surface area contributed by atoms with Crippen molar-refractivity contribution in [3.63, 3.8) is 0 Å². The van der Waals surface area contributed by atoms with Gasteiger partial charge in [-0.05, 0) is 40.5 Å². The molecule has 1 aliphatic carbocycles. The summed E-state index contributed by atoms with van der Waals surface area (Å²) in [6.45, 7) is 7.40. The number of anilines is 1. The van der Waals surface area contributed by atoms with E-state index in [4.69, 9.17) is 0 Å². The predicted molar refractivity (Wildman–Crippen MR) is 77.2 cm³/mol. The number of aromatic nitrogens is 5. The SMILES string of the molecule is Cc1nc(C)c(C(=O)Nc2nnc(C)n2C2CC2)nc1C. The van der Waals surface area contributed by atoms with Gasteiger partial charge in [0.15, 0.2) is 0 Å². The molecule has 0 saturated heterocycles. The second-order valence-corrected chi connectivity index (χ2v) is 5.45. The van der Waals surface area contributed by atoms with E-state index in [-0.39, 0.29) is 5.91 Å². The standard InChI is InChI=1S/C14H18N6O/c1-7-8(2)16-12(9(3)15-7)13(21)17-14-19-18-10(4)20(14)11-5-6-11/h11H,5-6H2,1-4H3,(H,17,19,21). The topological polar surface area (TPSA) is 85.6 Å². The smallest absolute Gasteiger partial charge is 0.278 e. The van der Waals surface area contributed by atoms with Crippen LogP contribution in [0.15, 0.2) is 0 Å². The fraction of sp³-hybridized carbons (Fsp3) is 0.500. The Morgan fingerprint density at radius 1 is 1.05 bits per heavy atom. The van der Waals surface area contributed by atoms with Crippen molar-refractivity contribution in [1.29, 1.82) is 0 Å². The van der Waals surface area contributed by atoms with E-state index in [1.54, 1.807) is 6.92 Å². The molecule has 1 aliphatic rings. The summed E-state index contributed by atoms with van der Waals surface area (Å²) < 4.78 is 1.97. The minimum atomic E-state index is -0.294. The number of nitrogens with zero attached hydrogens (tertiary/aromatic N) is 5. The normalized spacial score (nSPS) is 14.3. The van der Waals surface area contributed by atoms with Crippen LogP contribution in [0.4, 0.5) is 5.95 Å². The van der Waals surface area contributed by atoms with Crippen molar-refractivity contribution in [2.75, 3.05) is 5.32 Å². The highest BCUT2D eigenvalue weighted by molar-refractivity contribution is 6.02. The second kappa shape index (κ2) is 4.91. The van der Waals surface area contributed by atoms with Gasteiger partial charge in [0.1, 0.15) is 11.5 Å². The van der Waals surface area contributed by atoms with Gasteiger partial charge >= 0.3 is 0 Å². The lowest BCUT2D eigenvalue weighted by atomic mass is 10.2. The number of nitrogens with one attached hydrogen (secondary N) is 1. The molecule has 0 spiro atoms. The maximum Gasteiger partial charge on any atom is 0.278 e. The van der Waals surface area contributed by atoms with Gasteiger partial charge in [-0.3, -0.25) is 19.7 Å². The Kier molecular flexibility index (Phi) is 3.19. The van der Waals surface area contributed by atoms with Crippen molar-refractivity contribution in [1.82, 2.24) is 24.7 Å². The van der Waals surface area contributed by atoms with E-state index in [9.17, 15) is 4.79 Å². The summed E-state index contributed by atoms with van der Waals surface area (Å²) in [5, 5.41) is 10.9. The molecule has 3 rings (SSSR count). The van der Waals surface area contributed by atoms with Gasteiger partial charge < -0.3 is 0 Å². The molecule has 0 atom stereocenters. The maximum atomic E-state index is 12.4. The minimum Gasteiger partial charge on any atom is -0.294 e. The van der Waals surface area contributed by atoms with Crippen molar-refractivity contribution in [2.45, 2.75) is 46.6 Å². The molecule has 2 aromatic rings.